The minimum absolute atomic E-state index is 0.0725. The Labute approximate surface area is 155 Å². The average molecular weight is 436 g/mol. The number of nitrogens with zero attached hydrogens (tertiary/aromatic N) is 2. The van der Waals surface area contributed by atoms with E-state index < -0.39 is 12.1 Å². The number of alkyl halides is 3. The van der Waals surface area contributed by atoms with Gasteiger partial charge in [-0.15, -0.1) is 0 Å². The van der Waals surface area contributed by atoms with Crippen LogP contribution < -0.4 is 11.3 Å². The zero-order valence-electron chi connectivity index (χ0n) is 14.0. The normalized spacial score (nSPS) is 10.8. The Balaban J connectivity index is 0.000000412. The lowest BCUT2D eigenvalue weighted by atomic mass is 10.1. The number of anilines is 1. The first-order valence-electron chi connectivity index (χ1n) is 7.30. The molecule has 142 valence electrons. The number of nitrogens with two attached hydrogens (primary N) is 1. The first kappa shape index (κ1) is 21.7. The van der Waals surface area contributed by atoms with Crippen LogP contribution in [0.3, 0.4) is 0 Å². The molecule has 0 bridgehead atoms. The average Bonchev–Trinajstić information content (AvgIpc) is 2.55. The molecule has 2 rings (SSSR count). The highest BCUT2D eigenvalue weighted by Crippen LogP contribution is 2.14. The van der Waals surface area contributed by atoms with E-state index in [2.05, 4.69) is 33.0 Å². The molecule has 0 spiro atoms. The number of halogens is 4. The molecule has 0 fully saturated rings. The van der Waals surface area contributed by atoms with Gasteiger partial charge >= 0.3 is 12.1 Å². The van der Waals surface area contributed by atoms with Gasteiger partial charge in [-0.25, -0.2) is 9.78 Å². The molecule has 0 atom stereocenters. The SMILES string of the molecule is Cc1c(CCc2cccc(Br)c2)nc(N)n(C)c1=O.O=C(O)C(F)(F)F. The molecule has 0 aliphatic carbocycles. The van der Waals surface area contributed by atoms with E-state index in [1.165, 1.54) is 10.1 Å². The highest BCUT2D eigenvalue weighted by Gasteiger charge is 2.38. The summed E-state index contributed by atoms with van der Waals surface area (Å²) < 4.78 is 34.2. The van der Waals surface area contributed by atoms with Crippen LogP contribution >= 0.6 is 15.9 Å². The third-order valence-corrected chi connectivity index (χ3v) is 3.93. The third kappa shape index (κ3) is 6.17. The second kappa shape index (κ2) is 8.84. The smallest absolute Gasteiger partial charge is 0.475 e. The van der Waals surface area contributed by atoms with E-state index in [1.54, 1.807) is 14.0 Å². The molecule has 1 aromatic heterocycles. The summed E-state index contributed by atoms with van der Waals surface area (Å²) in [5.41, 5.74) is 8.31. The molecular formula is C16H17BrF3N3O3. The van der Waals surface area contributed by atoms with E-state index in [0.29, 0.717) is 12.0 Å². The summed E-state index contributed by atoms with van der Waals surface area (Å²) in [7, 11) is 1.63. The van der Waals surface area contributed by atoms with Gasteiger partial charge in [0.25, 0.3) is 5.56 Å². The van der Waals surface area contributed by atoms with Gasteiger partial charge in [-0.1, -0.05) is 28.1 Å². The number of benzene rings is 1. The van der Waals surface area contributed by atoms with E-state index >= 15 is 0 Å². The third-order valence-electron chi connectivity index (χ3n) is 3.43. The highest BCUT2D eigenvalue weighted by atomic mass is 79.9. The van der Waals surface area contributed by atoms with Gasteiger partial charge in [0, 0.05) is 17.1 Å². The van der Waals surface area contributed by atoms with Crippen LogP contribution in [-0.4, -0.2) is 26.8 Å². The minimum Gasteiger partial charge on any atom is -0.475 e. The van der Waals surface area contributed by atoms with Crippen molar-refractivity contribution in [3.63, 3.8) is 0 Å². The van der Waals surface area contributed by atoms with Gasteiger partial charge in [-0.2, -0.15) is 13.2 Å². The summed E-state index contributed by atoms with van der Waals surface area (Å²) in [5.74, 6) is -2.49. The maximum absolute atomic E-state index is 11.9. The lowest BCUT2D eigenvalue weighted by Crippen LogP contribution is -2.25. The number of aliphatic carboxylic acids is 1. The van der Waals surface area contributed by atoms with Crippen LogP contribution in [0.4, 0.5) is 19.1 Å². The molecule has 0 saturated heterocycles. The Morgan fingerprint density at radius 2 is 1.92 bits per heavy atom. The number of carbonyl (C=O) groups is 1. The van der Waals surface area contributed by atoms with Crippen LogP contribution in [0.25, 0.3) is 0 Å². The van der Waals surface area contributed by atoms with Gasteiger partial charge in [-0.3, -0.25) is 9.36 Å². The molecular weight excluding hydrogens is 419 g/mol. The summed E-state index contributed by atoms with van der Waals surface area (Å²) in [4.78, 5) is 25.1. The molecule has 0 aliphatic heterocycles. The molecule has 0 aliphatic rings. The van der Waals surface area contributed by atoms with Crippen molar-refractivity contribution in [3.05, 3.63) is 55.9 Å². The van der Waals surface area contributed by atoms with Crippen molar-refractivity contribution in [2.45, 2.75) is 25.9 Å². The largest absolute Gasteiger partial charge is 0.490 e. The van der Waals surface area contributed by atoms with E-state index in [0.717, 1.165) is 16.6 Å². The van der Waals surface area contributed by atoms with Crippen molar-refractivity contribution in [2.24, 2.45) is 7.05 Å². The Bertz CT molecular complexity index is 851. The number of nitrogen functional groups attached to an aromatic ring is 1. The number of hydrogen-bond acceptors (Lipinski definition) is 4. The number of rotatable bonds is 3. The lowest BCUT2D eigenvalue weighted by Gasteiger charge is -2.09. The second-order valence-corrected chi connectivity index (χ2v) is 6.25. The number of aromatic nitrogens is 2. The molecule has 0 amide bonds. The van der Waals surface area contributed by atoms with Crippen LogP contribution in [0.5, 0.6) is 0 Å². The fourth-order valence-corrected chi connectivity index (χ4v) is 2.42. The highest BCUT2D eigenvalue weighted by molar-refractivity contribution is 9.10. The maximum Gasteiger partial charge on any atom is 0.490 e. The number of carboxylic acids is 1. The Morgan fingerprint density at radius 1 is 1.35 bits per heavy atom. The van der Waals surface area contributed by atoms with Gasteiger partial charge in [-0.05, 0) is 37.5 Å². The summed E-state index contributed by atoms with van der Waals surface area (Å²) in [6.45, 7) is 1.80. The van der Waals surface area contributed by atoms with Crippen molar-refractivity contribution in [3.8, 4) is 0 Å². The number of carboxylic acid groups (broad SMARTS) is 1. The maximum atomic E-state index is 11.9. The van der Waals surface area contributed by atoms with Gasteiger partial charge in [0.1, 0.15) is 0 Å². The molecule has 2 aromatic rings. The summed E-state index contributed by atoms with van der Waals surface area (Å²) in [6, 6.07) is 8.12. The quantitative estimate of drug-likeness (QED) is 0.772. The van der Waals surface area contributed by atoms with Crippen molar-refractivity contribution in [1.82, 2.24) is 9.55 Å². The molecule has 1 heterocycles. The first-order valence-corrected chi connectivity index (χ1v) is 8.09. The molecule has 26 heavy (non-hydrogen) atoms. The standard InChI is InChI=1S/C14H16BrN3O.C2HF3O2/c1-9-12(17-14(16)18(2)13(9)19)7-6-10-4-3-5-11(15)8-10;3-2(4,5)1(6)7/h3-5,8H,6-7H2,1-2H3,(H2,16,17);(H,6,7). The fourth-order valence-electron chi connectivity index (χ4n) is 1.97. The molecule has 1 aromatic carbocycles. The Morgan fingerprint density at radius 3 is 2.42 bits per heavy atom. The fraction of sp³-hybridized carbons (Fsp3) is 0.312. The predicted octanol–water partition coefficient (Wildman–Crippen LogP) is 2.85. The number of hydrogen-bond donors (Lipinski definition) is 2. The van der Waals surface area contributed by atoms with Crippen LogP contribution in [0.1, 0.15) is 16.8 Å². The van der Waals surface area contributed by atoms with Gasteiger partial charge in [0.2, 0.25) is 5.95 Å². The van der Waals surface area contributed by atoms with E-state index in [-0.39, 0.29) is 11.5 Å². The summed E-state index contributed by atoms with van der Waals surface area (Å²) in [6.07, 6.45) is -3.54. The van der Waals surface area contributed by atoms with Crippen LogP contribution in [0, 0.1) is 6.92 Å². The van der Waals surface area contributed by atoms with E-state index in [4.69, 9.17) is 15.6 Å². The minimum atomic E-state index is -5.08. The van der Waals surface area contributed by atoms with Gasteiger partial charge < -0.3 is 10.8 Å². The molecule has 0 unspecified atom stereocenters. The van der Waals surface area contributed by atoms with Crippen molar-refractivity contribution < 1.29 is 23.1 Å². The zero-order chi connectivity index (χ0) is 20.1. The van der Waals surface area contributed by atoms with Crippen molar-refractivity contribution >= 4 is 27.8 Å². The molecule has 10 heteroatoms. The van der Waals surface area contributed by atoms with E-state index in [1.807, 2.05) is 12.1 Å². The second-order valence-electron chi connectivity index (χ2n) is 5.34. The molecule has 6 nitrogen and oxygen atoms in total. The topological polar surface area (TPSA) is 98.2 Å². The molecule has 3 N–H and O–H groups in total. The van der Waals surface area contributed by atoms with Crippen molar-refractivity contribution in [1.29, 1.82) is 0 Å². The van der Waals surface area contributed by atoms with Crippen LogP contribution in [-0.2, 0) is 24.7 Å². The Kier molecular flexibility index (Phi) is 7.37. The first-order chi connectivity index (χ1) is 11.9. The summed E-state index contributed by atoms with van der Waals surface area (Å²) in [5, 5.41) is 7.12. The van der Waals surface area contributed by atoms with Crippen molar-refractivity contribution in [2.75, 3.05) is 5.73 Å². The van der Waals surface area contributed by atoms with Crippen LogP contribution in [0.15, 0.2) is 33.5 Å². The van der Waals surface area contributed by atoms with E-state index in [9.17, 15) is 18.0 Å². The molecule has 0 saturated carbocycles. The lowest BCUT2D eigenvalue weighted by molar-refractivity contribution is -0.192. The van der Waals surface area contributed by atoms with Gasteiger partial charge in [0.15, 0.2) is 0 Å². The van der Waals surface area contributed by atoms with Gasteiger partial charge in [0.05, 0.1) is 5.69 Å². The summed E-state index contributed by atoms with van der Waals surface area (Å²) >= 11 is 3.45. The number of aryl methyl sites for hydroxylation is 2. The zero-order valence-corrected chi connectivity index (χ0v) is 15.6. The van der Waals surface area contributed by atoms with Crippen LogP contribution in [0.2, 0.25) is 0 Å². The predicted molar refractivity (Wildman–Crippen MR) is 93.9 cm³/mol. The monoisotopic (exact) mass is 435 g/mol. The Hall–Kier alpha value is -2.36. The molecule has 0 radical (unpaired) electrons.